The highest BCUT2D eigenvalue weighted by molar-refractivity contribution is 5.99. The zero-order valence-electron chi connectivity index (χ0n) is 18.4. The molecule has 2 heterocycles. The summed E-state index contributed by atoms with van der Waals surface area (Å²) in [5.74, 6) is 1.25. The minimum absolute atomic E-state index is 0.139. The first-order chi connectivity index (χ1) is 15.0. The fourth-order valence-electron chi connectivity index (χ4n) is 4.06. The van der Waals surface area contributed by atoms with Crippen molar-refractivity contribution in [2.24, 2.45) is 5.92 Å². The minimum atomic E-state index is -0.469. The molecule has 0 bridgehead atoms. The van der Waals surface area contributed by atoms with Crippen molar-refractivity contribution < 1.29 is 13.9 Å². The zero-order chi connectivity index (χ0) is 22.0. The summed E-state index contributed by atoms with van der Waals surface area (Å²) in [6.45, 7) is 7.61. The lowest BCUT2D eigenvalue weighted by molar-refractivity contribution is 0.0725. The number of para-hydroxylation sites is 1. The number of carbonyl (C=O) groups excluding carboxylic acids is 1. The number of fused-ring (bicyclic) bond motifs is 2. The Hall–Kier alpha value is -3.08. The van der Waals surface area contributed by atoms with Crippen LogP contribution in [0.25, 0.3) is 11.0 Å². The molecular formula is C26H29NO4. The first kappa shape index (κ1) is 21.2. The Bertz CT molecular complexity index is 1150. The van der Waals surface area contributed by atoms with Crippen molar-refractivity contribution in [3.05, 3.63) is 75.6 Å². The maximum Gasteiger partial charge on any atom is 0.290 e. The molecule has 4 rings (SSSR count). The Morgan fingerprint density at radius 2 is 1.90 bits per heavy atom. The molecule has 162 valence electrons. The summed E-state index contributed by atoms with van der Waals surface area (Å²) >= 11 is 0. The SMILES string of the molecule is CCCCN1C(=O)c2oc3ccccc3c(=O)c2[C@@H]1c1cccc(OCCC(C)C)c1. The van der Waals surface area contributed by atoms with Crippen LogP contribution in [0.15, 0.2) is 57.7 Å². The first-order valence-corrected chi connectivity index (χ1v) is 11.1. The van der Waals surface area contributed by atoms with E-state index < -0.39 is 6.04 Å². The molecule has 3 aromatic rings. The van der Waals surface area contributed by atoms with E-state index in [0.717, 1.165) is 30.6 Å². The number of unbranched alkanes of at least 4 members (excludes halogenated alkanes) is 1. The highest BCUT2D eigenvalue weighted by Crippen LogP contribution is 2.39. The van der Waals surface area contributed by atoms with E-state index in [0.29, 0.717) is 35.6 Å². The lowest BCUT2D eigenvalue weighted by atomic mass is 9.98. The van der Waals surface area contributed by atoms with Gasteiger partial charge in [0.05, 0.1) is 23.6 Å². The molecule has 1 aromatic heterocycles. The van der Waals surface area contributed by atoms with Crippen LogP contribution in [0, 0.1) is 5.92 Å². The van der Waals surface area contributed by atoms with Gasteiger partial charge in [-0.05, 0) is 48.6 Å². The Labute approximate surface area is 182 Å². The van der Waals surface area contributed by atoms with Crippen LogP contribution in [0.1, 0.15) is 67.8 Å². The van der Waals surface area contributed by atoms with Gasteiger partial charge in [0.15, 0.2) is 5.43 Å². The molecule has 5 nitrogen and oxygen atoms in total. The van der Waals surface area contributed by atoms with Gasteiger partial charge in [-0.25, -0.2) is 0 Å². The molecular weight excluding hydrogens is 390 g/mol. The van der Waals surface area contributed by atoms with Crippen molar-refractivity contribution in [1.82, 2.24) is 4.90 Å². The predicted molar refractivity (Wildman–Crippen MR) is 122 cm³/mol. The van der Waals surface area contributed by atoms with Gasteiger partial charge in [-0.2, -0.15) is 0 Å². The standard InChI is InChI=1S/C26H29NO4/c1-4-5-14-27-23(18-9-8-10-19(16-18)30-15-13-17(2)3)22-24(28)20-11-6-7-12-21(20)31-25(22)26(27)29/h6-12,16-17,23H,4-5,13-15H2,1-3H3/t23-/m0/s1. The number of hydrogen-bond donors (Lipinski definition) is 0. The lowest BCUT2D eigenvalue weighted by Gasteiger charge is -2.25. The van der Waals surface area contributed by atoms with E-state index in [-0.39, 0.29) is 17.1 Å². The van der Waals surface area contributed by atoms with Gasteiger partial charge in [0.1, 0.15) is 11.3 Å². The van der Waals surface area contributed by atoms with E-state index >= 15 is 0 Å². The number of nitrogens with zero attached hydrogens (tertiary/aromatic N) is 1. The molecule has 0 saturated carbocycles. The highest BCUT2D eigenvalue weighted by Gasteiger charge is 2.42. The molecule has 0 saturated heterocycles. The summed E-state index contributed by atoms with van der Waals surface area (Å²) in [6, 6.07) is 14.4. The zero-order valence-corrected chi connectivity index (χ0v) is 18.4. The molecule has 0 fully saturated rings. The van der Waals surface area contributed by atoms with Gasteiger partial charge in [0.25, 0.3) is 5.91 Å². The summed E-state index contributed by atoms with van der Waals surface area (Å²) < 4.78 is 11.9. The third kappa shape index (κ3) is 4.09. The number of amides is 1. The molecule has 1 amide bonds. The first-order valence-electron chi connectivity index (χ1n) is 11.1. The fourth-order valence-corrected chi connectivity index (χ4v) is 4.06. The third-order valence-corrected chi connectivity index (χ3v) is 5.76. The molecule has 5 heteroatoms. The van der Waals surface area contributed by atoms with Crippen molar-refractivity contribution in [3.63, 3.8) is 0 Å². The van der Waals surface area contributed by atoms with Crippen molar-refractivity contribution in [3.8, 4) is 5.75 Å². The van der Waals surface area contributed by atoms with E-state index in [9.17, 15) is 9.59 Å². The maximum atomic E-state index is 13.4. The van der Waals surface area contributed by atoms with E-state index in [4.69, 9.17) is 9.15 Å². The summed E-state index contributed by atoms with van der Waals surface area (Å²) in [5.41, 5.74) is 1.61. The van der Waals surface area contributed by atoms with Gasteiger partial charge in [-0.3, -0.25) is 9.59 Å². The van der Waals surface area contributed by atoms with Crippen molar-refractivity contribution in [1.29, 1.82) is 0 Å². The van der Waals surface area contributed by atoms with Crippen LogP contribution >= 0.6 is 0 Å². The predicted octanol–water partition coefficient (Wildman–Crippen LogP) is 5.56. The second-order valence-electron chi connectivity index (χ2n) is 8.53. The smallest absolute Gasteiger partial charge is 0.290 e. The van der Waals surface area contributed by atoms with E-state index in [1.165, 1.54) is 0 Å². The highest BCUT2D eigenvalue weighted by atomic mass is 16.5. The quantitative estimate of drug-likeness (QED) is 0.479. The van der Waals surface area contributed by atoms with Crippen LogP contribution < -0.4 is 10.2 Å². The van der Waals surface area contributed by atoms with Crippen LogP contribution in [-0.2, 0) is 0 Å². The molecule has 0 spiro atoms. The normalized spacial score (nSPS) is 15.7. The van der Waals surface area contributed by atoms with Crippen molar-refractivity contribution in [2.75, 3.05) is 13.2 Å². The van der Waals surface area contributed by atoms with Gasteiger partial charge < -0.3 is 14.1 Å². The second-order valence-corrected chi connectivity index (χ2v) is 8.53. The van der Waals surface area contributed by atoms with Crippen LogP contribution in [0.5, 0.6) is 5.75 Å². The summed E-state index contributed by atoms with van der Waals surface area (Å²) in [7, 11) is 0. The van der Waals surface area contributed by atoms with Gasteiger partial charge in [-0.1, -0.05) is 51.5 Å². The largest absolute Gasteiger partial charge is 0.494 e. The van der Waals surface area contributed by atoms with Crippen molar-refractivity contribution >= 4 is 16.9 Å². The Morgan fingerprint density at radius 3 is 2.68 bits per heavy atom. The topological polar surface area (TPSA) is 59.8 Å². The number of rotatable bonds is 8. The maximum absolute atomic E-state index is 13.4. The van der Waals surface area contributed by atoms with E-state index in [2.05, 4.69) is 20.8 Å². The van der Waals surface area contributed by atoms with E-state index in [1.807, 2.05) is 30.3 Å². The van der Waals surface area contributed by atoms with Gasteiger partial charge in [0.2, 0.25) is 5.76 Å². The van der Waals surface area contributed by atoms with Crippen LogP contribution in [0.2, 0.25) is 0 Å². The van der Waals surface area contributed by atoms with Gasteiger partial charge >= 0.3 is 0 Å². The van der Waals surface area contributed by atoms with Gasteiger partial charge in [-0.15, -0.1) is 0 Å². The van der Waals surface area contributed by atoms with E-state index in [1.54, 1.807) is 23.1 Å². The molecule has 1 aliphatic rings. The molecule has 0 aliphatic carbocycles. The van der Waals surface area contributed by atoms with Crippen LogP contribution in [-0.4, -0.2) is 24.0 Å². The van der Waals surface area contributed by atoms with Crippen LogP contribution in [0.3, 0.4) is 0 Å². The number of ether oxygens (including phenoxy) is 1. The second kappa shape index (κ2) is 8.96. The number of hydrogen-bond acceptors (Lipinski definition) is 4. The van der Waals surface area contributed by atoms with Gasteiger partial charge in [0, 0.05) is 6.54 Å². The van der Waals surface area contributed by atoms with Crippen molar-refractivity contribution in [2.45, 2.75) is 46.1 Å². The summed E-state index contributed by atoms with van der Waals surface area (Å²) in [5, 5.41) is 0.501. The Kier molecular flexibility index (Phi) is 6.12. The monoisotopic (exact) mass is 419 g/mol. The molecule has 0 N–H and O–H groups in total. The fraction of sp³-hybridized carbons (Fsp3) is 0.385. The summed E-state index contributed by atoms with van der Waals surface area (Å²) in [4.78, 5) is 28.5. The Balaban J connectivity index is 1.79. The summed E-state index contributed by atoms with van der Waals surface area (Å²) in [6.07, 6.45) is 2.77. The molecule has 31 heavy (non-hydrogen) atoms. The third-order valence-electron chi connectivity index (χ3n) is 5.76. The Morgan fingerprint density at radius 1 is 1.10 bits per heavy atom. The number of benzene rings is 2. The molecule has 0 unspecified atom stereocenters. The average Bonchev–Trinajstić information content (AvgIpc) is 3.04. The lowest BCUT2D eigenvalue weighted by Crippen LogP contribution is -2.30. The average molecular weight is 420 g/mol. The minimum Gasteiger partial charge on any atom is -0.494 e. The number of carbonyl (C=O) groups is 1. The molecule has 1 atom stereocenters. The molecule has 0 radical (unpaired) electrons. The molecule has 1 aliphatic heterocycles. The van der Waals surface area contributed by atoms with Crippen LogP contribution in [0.4, 0.5) is 0 Å². The molecule has 2 aromatic carbocycles.